The Morgan fingerprint density at radius 2 is 2.00 bits per heavy atom. The van der Waals surface area contributed by atoms with Crippen LogP contribution >= 0.6 is 0 Å². The molecular formula is C10H10N4O2. The quantitative estimate of drug-likeness (QED) is 0.754. The normalized spacial score (nSPS) is 24.1. The maximum atomic E-state index is 5.34. The summed E-state index contributed by atoms with van der Waals surface area (Å²) in [6, 6.07) is 3.58. The smallest absolute Gasteiger partial charge is 0.250 e. The molecule has 2 aromatic rings. The zero-order valence-electron chi connectivity index (χ0n) is 8.65. The Kier molecular flexibility index (Phi) is 2.16. The molecule has 16 heavy (non-hydrogen) atoms. The van der Waals surface area contributed by atoms with E-state index in [9.17, 15) is 0 Å². The Hall–Kier alpha value is -1.79. The van der Waals surface area contributed by atoms with Crippen LogP contribution in [0.2, 0.25) is 0 Å². The third-order valence-electron chi connectivity index (χ3n) is 2.24. The van der Waals surface area contributed by atoms with E-state index in [0.717, 1.165) is 5.69 Å². The Balaban J connectivity index is 1.83. The van der Waals surface area contributed by atoms with E-state index in [1.807, 2.05) is 13.0 Å². The van der Waals surface area contributed by atoms with Gasteiger partial charge in [-0.2, -0.15) is 5.10 Å². The first-order valence-electron chi connectivity index (χ1n) is 4.97. The standard InChI is InChI=1S/C10H10N4O2/c1-7-15-9(16-7)8-3-6-14(13-8)10-11-4-2-5-12-10/h2-7,9H,1H3. The highest BCUT2D eigenvalue weighted by Crippen LogP contribution is 2.29. The summed E-state index contributed by atoms with van der Waals surface area (Å²) in [5.74, 6) is 0.529. The average molecular weight is 218 g/mol. The predicted molar refractivity (Wildman–Crippen MR) is 53.5 cm³/mol. The molecule has 1 saturated heterocycles. The molecule has 0 spiro atoms. The van der Waals surface area contributed by atoms with Crippen molar-refractivity contribution in [1.29, 1.82) is 0 Å². The summed E-state index contributed by atoms with van der Waals surface area (Å²) in [4.78, 5) is 8.18. The first-order valence-corrected chi connectivity index (χ1v) is 4.97. The van der Waals surface area contributed by atoms with Crippen LogP contribution in [0.15, 0.2) is 30.7 Å². The van der Waals surface area contributed by atoms with E-state index >= 15 is 0 Å². The van der Waals surface area contributed by atoms with Gasteiger partial charge in [0.25, 0.3) is 0 Å². The van der Waals surface area contributed by atoms with Gasteiger partial charge in [0.2, 0.25) is 12.2 Å². The summed E-state index contributed by atoms with van der Waals surface area (Å²) < 4.78 is 12.3. The molecule has 0 aromatic carbocycles. The van der Waals surface area contributed by atoms with Gasteiger partial charge in [0.05, 0.1) is 0 Å². The summed E-state index contributed by atoms with van der Waals surface area (Å²) in [6.45, 7) is 1.84. The van der Waals surface area contributed by atoms with Crippen molar-refractivity contribution in [3.05, 3.63) is 36.4 Å². The van der Waals surface area contributed by atoms with E-state index in [1.165, 1.54) is 0 Å². The van der Waals surface area contributed by atoms with Crippen LogP contribution in [0.3, 0.4) is 0 Å². The average Bonchev–Trinajstić information content (AvgIpc) is 2.75. The molecular weight excluding hydrogens is 208 g/mol. The topological polar surface area (TPSA) is 62.1 Å². The summed E-state index contributed by atoms with van der Waals surface area (Å²) in [5, 5.41) is 4.28. The molecule has 0 aliphatic carbocycles. The highest BCUT2D eigenvalue weighted by molar-refractivity contribution is 5.12. The van der Waals surface area contributed by atoms with Gasteiger partial charge in [0.15, 0.2) is 6.29 Å². The van der Waals surface area contributed by atoms with Crippen LogP contribution in [-0.4, -0.2) is 26.0 Å². The van der Waals surface area contributed by atoms with Gasteiger partial charge in [-0.1, -0.05) is 0 Å². The highest BCUT2D eigenvalue weighted by atomic mass is 16.9. The van der Waals surface area contributed by atoms with Gasteiger partial charge in [-0.25, -0.2) is 14.6 Å². The van der Waals surface area contributed by atoms with Crippen molar-refractivity contribution in [2.45, 2.75) is 19.5 Å². The second-order valence-electron chi connectivity index (χ2n) is 3.41. The lowest BCUT2D eigenvalue weighted by molar-refractivity contribution is -0.384. The van der Waals surface area contributed by atoms with Crippen molar-refractivity contribution in [2.75, 3.05) is 0 Å². The Morgan fingerprint density at radius 3 is 2.69 bits per heavy atom. The molecule has 6 nitrogen and oxygen atoms in total. The van der Waals surface area contributed by atoms with Crippen molar-refractivity contribution in [2.24, 2.45) is 0 Å². The molecule has 1 aliphatic rings. The van der Waals surface area contributed by atoms with E-state index in [4.69, 9.17) is 9.47 Å². The van der Waals surface area contributed by atoms with E-state index in [0.29, 0.717) is 5.95 Å². The van der Waals surface area contributed by atoms with E-state index in [-0.39, 0.29) is 12.6 Å². The zero-order valence-corrected chi connectivity index (χ0v) is 8.65. The maximum Gasteiger partial charge on any atom is 0.250 e. The fraction of sp³-hybridized carbons (Fsp3) is 0.300. The number of hydrogen-bond donors (Lipinski definition) is 0. The van der Waals surface area contributed by atoms with Crippen LogP contribution in [0.1, 0.15) is 18.9 Å². The Labute approximate surface area is 91.9 Å². The number of aromatic nitrogens is 4. The summed E-state index contributed by atoms with van der Waals surface area (Å²) in [5.41, 5.74) is 0.727. The van der Waals surface area contributed by atoms with E-state index < -0.39 is 0 Å². The lowest BCUT2D eigenvalue weighted by atomic mass is 10.4. The molecule has 82 valence electrons. The Morgan fingerprint density at radius 1 is 1.25 bits per heavy atom. The fourth-order valence-electron chi connectivity index (χ4n) is 1.48. The van der Waals surface area contributed by atoms with Gasteiger partial charge in [-0.05, 0) is 19.1 Å². The summed E-state index contributed by atoms with van der Waals surface area (Å²) in [6.07, 6.45) is 4.60. The minimum atomic E-state index is -0.361. The zero-order chi connectivity index (χ0) is 11.0. The van der Waals surface area contributed by atoms with E-state index in [1.54, 1.807) is 29.3 Å². The minimum absolute atomic E-state index is 0.150. The van der Waals surface area contributed by atoms with Crippen molar-refractivity contribution in [3.8, 4) is 5.95 Å². The predicted octanol–water partition coefficient (Wildman–Crippen LogP) is 1.05. The monoisotopic (exact) mass is 218 g/mol. The molecule has 0 amide bonds. The van der Waals surface area contributed by atoms with Crippen molar-refractivity contribution < 1.29 is 9.47 Å². The first-order chi connectivity index (χ1) is 7.83. The summed E-state index contributed by atoms with van der Waals surface area (Å²) >= 11 is 0. The molecule has 1 aliphatic heterocycles. The molecule has 3 rings (SSSR count). The molecule has 0 unspecified atom stereocenters. The SMILES string of the molecule is CC1OC(c2ccn(-c3ncccn3)n2)O1. The number of ether oxygens (including phenoxy) is 2. The van der Waals surface area contributed by atoms with Gasteiger partial charge in [-0.3, -0.25) is 0 Å². The summed E-state index contributed by atoms with van der Waals surface area (Å²) in [7, 11) is 0. The molecule has 2 aromatic heterocycles. The second-order valence-corrected chi connectivity index (χ2v) is 3.41. The molecule has 1 fully saturated rings. The first kappa shape index (κ1) is 9.44. The van der Waals surface area contributed by atoms with Crippen LogP contribution in [-0.2, 0) is 9.47 Å². The molecule has 3 heterocycles. The van der Waals surface area contributed by atoms with E-state index in [2.05, 4.69) is 15.1 Å². The molecule has 0 radical (unpaired) electrons. The van der Waals surface area contributed by atoms with Crippen LogP contribution in [0.25, 0.3) is 5.95 Å². The van der Waals surface area contributed by atoms with Crippen LogP contribution in [0, 0.1) is 0 Å². The number of nitrogens with zero attached hydrogens (tertiary/aromatic N) is 4. The van der Waals surface area contributed by atoms with Gasteiger partial charge in [0.1, 0.15) is 5.69 Å². The molecule has 6 heteroatoms. The Bertz CT molecular complexity index is 479. The van der Waals surface area contributed by atoms with Gasteiger partial charge in [0, 0.05) is 18.6 Å². The molecule has 0 atom stereocenters. The van der Waals surface area contributed by atoms with Crippen molar-refractivity contribution in [1.82, 2.24) is 19.7 Å². The lowest BCUT2D eigenvalue weighted by Gasteiger charge is -2.32. The molecule has 0 N–H and O–H groups in total. The lowest BCUT2D eigenvalue weighted by Crippen LogP contribution is -2.31. The number of hydrogen-bond acceptors (Lipinski definition) is 5. The van der Waals surface area contributed by atoms with Gasteiger partial charge in [-0.15, -0.1) is 0 Å². The highest BCUT2D eigenvalue weighted by Gasteiger charge is 2.30. The second kappa shape index (κ2) is 3.66. The van der Waals surface area contributed by atoms with Gasteiger partial charge < -0.3 is 9.47 Å². The van der Waals surface area contributed by atoms with Crippen LogP contribution < -0.4 is 0 Å². The molecule has 0 bridgehead atoms. The maximum absolute atomic E-state index is 5.34. The van der Waals surface area contributed by atoms with Crippen LogP contribution in [0.4, 0.5) is 0 Å². The van der Waals surface area contributed by atoms with Gasteiger partial charge >= 0.3 is 0 Å². The van der Waals surface area contributed by atoms with Crippen molar-refractivity contribution in [3.63, 3.8) is 0 Å². The van der Waals surface area contributed by atoms with Crippen molar-refractivity contribution >= 4 is 0 Å². The third-order valence-corrected chi connectivity index (χ3v) is 2.24. The fourth-order valence-corrected chi connectivity index (χ4v) is 1.48. The van der Waals surface area contributed by atoms with Crippen LogP contribution in [0.5, 0.6) is 0 Å². The minimum Gasteiger partial charge on any atom is -0.318 e. The molecule has 0 saturated carbocycles. The largest absolute Gasteiger partial charge is 0.318 e. The number of rotatable bonds is 2. The third kappa shape index (κ3) is 1.58.